The van der Waals surface area contributed by atoms with Crippen LogP contribution in [-0.2, 0) is 17.1 Å². The molecule has 0 aliphatic rings. The molecule has 0 radical (unpaired) electrons. The summed E-state index contributed by atoms with van der Waals surface area (Å²) in [6, 6.07) is 1.73. The lowest BCUT2D eigenvalue weighted by Crippen LogP contribution is -2.20. The second kappa shape index (κ2) is 5.48. The molecule has 0 saturated carbocycles. The Labute approximate surface area is 107 Å². The van der Waals surface area contributed by atoms with Crippen LogP contribution in [0.5, 0.6) is 0 Å². The molecule has 10 heteroatoms. The number of hydrogen-bond acceptors (Lipinski definition) is 4. The van der Waals surface area contributed by atoms with Crippen LogP contribution in [0, 0.1) is 11.3 Å². The number of halogens is 3. The van der Waals surface area contributed by atoms with Crippen molar-refractivity contribution in [3.05, 3.63) is 11.8 Å². The van der Waals surface area contributed by atoms with Gasteiger partial charge in [0.2, 0.25) is 10.0 Å². The minimum absolute atomic E-state index is 0.00176. The van der Waals surface area contributed by atoms with Gasteiger partial charge in [0.05, 0.1) is 11.9 Å². The standard InChI is InChI=1S/C9H11F3N4O2S/c1-16-8(7(5-13)6-14-16)15-19(17,18)4-2-3-9(10,11)12/h6,15H,2-4H2,1H3. The highest BCUT2D eigenvalue weighted by molar-refractivity contribution is 7.92. The Balaban J connectivity index is 2.70. The molecule has 1 N–H and O–H groups in total. The first-order chi connectivity index (χ1) is 8.64. The summed E-state index contributed by atoms with van der Waals surface area (Å²) in [4.78, 5) is 0. The minimum atomic E-state index is -4.39. The van der Waals surface area contributed by atoms with E-state index in [0.29, 0.717) is 0 Å². The molecule has 1 aromatic heterocycles. The van der Waals surface area contributed by atoms with Crippen LogP contribution in [0.4, 0.5) is 19.0 Å². The molecule has 0 atom stereocenters. The molecular formula is C9H11F3N4O2S. The van der Waals surface area contributed by atoms with Gasteiger partial charge >= 0.3 is 6.18 Å². The van der Waals surface area contributed by atoms with Crippen molar-refractivity contribution >= 4 is 15.8 Å². The molecule has 1 aromatic rings. The van der Waals surface area contributed by atoms with Gasteiger partial charge in [-0.2, -0.15) is 23.5 Å². The quantitative estimate of drug-likeness (QED) is 0.889. The van der Waals surface area contributed by atoms with E-state index >= 15 is 0 Å². The Hall–Kier alpha value is -1.76. The van der Waals surface area contributed by atoms with Gasteiger partial charge in [-0.15, -0.1) is 0 Å². The highest BCUT2D eigenvalue weighted by Crippen LogP contribution is 2.22. The van der Waals surface area contributed by atoms with Crippen molar-refractivity contribution in [2.75, 3.05) is 10.5 Å². The Bertz CT molecular complexity index is 586. The highest BCUT2D eigenvalue weighted by Gasteiger charge is 2.27. The monoisotopic (exact) mass is 296 g/mol. The zero-order chi connectivity index (χ0) is 14.7. The number of aryl methyl sites for hydroxylation is 1. The van der Waals surface area contributed by atoms with Crippen molar-refractivity contribution < 1.29 is 21.6 Å². The summed E-state index contributed by atoms with van der Waals surface area (Å²) in [5.41, 5.74) is 0.00176. The van der Waals surface area contributed by atoms with E-state index < -0.39 is 34.8 Å². The number of sulfonamides is 1. The molecule has 0 bridgehead atoms. The fourth-order valence-electron chi connectivity index (χ4n) is 1.30. The van der Waals surface area contributed by atoms with E-state index in [1.807, 2.05) is 0 Å². The fourth-order valence-corrected chi connectivity index (χ4v) is 2.46. The van der Waals surface area contributed by atoms with Gasteiger partial charge in [-0.3, -0.25) is 9.40 Å². The van der Waals surface area contributed by atoms with Crippen LogP contribution in [0.2, 0.25) is 0 Å². The van der Waals surface area contributed by atoms with Gasteiger partial charge in [0, 0.05) is 13.5 Å². The van der Waals surface area contributed by atoms with Gasteiger partial charge in [-0.05, 0) is 6.42 Å². The number of hydrogen-bond donors (Lipinski definition) is 1. The fraction of sp³-hybridized carbons (Fsp3) is 0.556. The summed E-state index contributed by atoms with van der Waals surface area (Å²) >= 11 is 0. The van der Waals surface area contributed by atoms with Crippen LogP contribution in [0.3, 0.4) is 0 Å². The Morgan fingerprint density at radius 3 is 2.68 bits per heavy atom. The molecule has 0 unspecified atom stereocenters. The van der Waals surface area contributed by atoms with E-state index in [2.05, 4.69) is 9.82 Å². The van der Waals surface area contributed by atoms with Gasteiger partial charge in [0.1, 0.15) is 11.6 Å². The van der Waals surface area contributed by atoms with E-state index in [0.717, 1.165) is 10.9 Å². The molecule has 0 aromatic carbocycles. The number of alkyl halides is 3. The predicted molar refractivity (Wildman–Crippen MR) is 60.6 cm³/mol. The van der Waals surface area contributed by atoms with E-state index in [1.165, 1.54) is 7.05 Å². The molecule has 0 spiro atoms. The van der Waals surface area contributed by atoms with E-state index in [1.54, 1.807) is 6.07 Å². The Morgan fingerprint density at radius 2 is 2.16 bits per heavy atom. The number of anilines is 1. The SMILES string of the molecule is Cn1ncc(C#N)c1NS(=O)(=O)CCCC(F)(F)F. The van der Waals surface area contributed by atoms with Crippen molar-refractivity contribution in [2.24, 2.45) is 7.05 Å². The van der Waals surface area contributed by atoms with Crippen LogP contribution in [0.15, 0.2) is 6.20 Å². The van der Waals surface area contributed by atoms with E-state index in [4.69, 9.17) is 5.26 Å². The van der Waals surface area contributed by atoms with Crippen molar-refractivity contribution in [1.82, 2.24) is 9.78 Å². The molecule has 6 nitrogen and oxygen atoms in total. The van der Waals surface area contributed by atoms with Gasteiger partial charge in [0.25, 0.3) is 0 Å². The second-order valence-corrected chi connectivity index (χ2v) is 5.62. The minimum Gasteiger partial charge on any atom is -0.266 e. The van der Waals surface area contributed by atoms with Gasteiger partial charge in [-0.1, -0.05) is 0 Å². The summed E-state index contributed by atoms with van der Waals surface area (Å²) in [5, 5.41) is 12.4. The summed E-state index contributed by atoms with van der Waals surface area (Å²) in [6.07, 6.45) is -4.95. The first-order valence-electron chi connectivity index (χ1n) is 5.14. The smallest absolute Gasteiger partial charge is 0.266 e. The predicted octanol–water partition coefficient (Wildman–Crippen LogP) is 1.38. The number of nitrogens with zero attached hydrogens (tertiary/aromatic N) is 3. The zero-order valence-corrected chi connectivity index (χ0v) is 10.7. The van der Waals surface area contributed by atoms with Crippen LogP contribution < -0.4 is 4.72 Å². The Morgan fingerprint density at radius 1 is 1.53 bits per heavy atom. The number of aromatic nitrogens is 2. The maximum absolute atomic E-state index is 11.9. The first-order valence-corrected chi connectivity index (χ1v) is 6.79. The summed E-state index contributed by atoms with van der Waals surface area (Å²) in [7, 11) is -2.53. The van der Waals surface area contributed by atoms with Crippen molar-refractivity contribution in [2.45, 2.75) is 19.0 Å². The normalized spacial score (nSPS) is 12.2. The molecule has 0 fully saturated rings. The average Bonchev–Trinajstić information content (AvgIpc) is 2.57. The molecular weight excluding hydrogens is 285 g/mol. The molecule has 1 heterocycles. The lowest BCUT2D eigenvalue weighted by molar-refractivity contribution is -0.134. The van der Waals surface area contributed by atoms with Crippen LogP contribution >= 0.6 is 0 Å². The maximum atomic E-state index is 11.9. The zero-order valence-electron chi connectivity index (χ0n) is 9.90. The molecule has 106 valence electrons. The van der Waals surface area contributed by atoms with Crippen molar-refractivity contribution in [3.63, 3.8) is 0 Å². The van der Waals surface area contributed by atoms with Gasteiger partial charge < -0.3 is 0 Å². The number of nitrogens with one attached hydrogen (secondary N) is 1. The number of rotatable bonds is 5. The lowest BCUT2D eigenvalue weighted by Gasteiger charge is -2.09. The second-order valence-electron chi connectivity index (χ2n) is 3.78. The topological polar surface area (TPSA) is 87.8 Å². The van der Waals surface area contributed by atoms with Crippen molar-refractivity contribution in [1.29, 1.82) is 5.26 Å². The van der Waals surface area contributed by atoms with Crippen molar-refractivity contribution in [3.8, 4) is 6.07 Å². The van der Waals surface area contributed by atoms with Gasteiger partial charge in [-0.25, -0.2) is 8.42 Å². The molecule has 0 aliphatic heterocycles. The molecule has 0 saturated heterocycles. The molecule has 19 heavy (non-hydrogen) atoms. The third-order valence-electron chi connectivity index (χ3n) is 2.18. The summed E-state index contributed by atoms with van der Waals surface area (Å²) in [6.45, 7) is 0. The van der Waals surface area contributed by atoms with Crippen LogP contribution in [0.25, 0.3) is 0 Å². The molecule has 0 amide bonds. The number of nitriles is 1. The summed E-state index contributed by atoms with van der Waals surface area (Å²) in [5.74, 6) is -0.739. The largest absolute Gasteiger partial charge is 0.389 e. The maximum Gasteiger partial charge on any atom is 0.389 e. The van der Waals surface area contributed by atoms with Crippen LogP contribution in [-0.4, -0.2) is 30.1 Å². The average molecular weight is 296 g/mol. The van der Waals surface area contributed by atoms with E-state index in [-0.39, 0.29) is 11.4 Å². The third kappa shape index (κ3) is 4.78. The lowest BCUT2D eigenvalue weighted by atomic mass is 10.3. The third-order valence-corrected chi connectivity index (χ3v) is 3.52. The highest BCUT2D eigenvalue weighted by atomic mass is 32.2. The molecule has 1 rings (SSSR count). The van der Waals surface area contributed by atoms with Gasteiger partial charge in [0.15, 0.2) is 5.82 Å². The van der Waals surface area contributed by atoms with E-state index in [9.17, 15) is 21.6 Å². The molecule has 0 aliphatic carbocycles. The Kier molecular flexibility index (Phi) is 4.41. The summed E-state index contributed by atoms with van der Waals surface area (Å²) < 4.78 is 62.1. The first kappa shape index (κ1) is 15.3. The van der Waals surface area contributed by atoms with Crippen LogP contribution in [0.1, 0.15) is 18.4 Å².